The predicted octanol–water partition coefficient (Wildman–Crippen LogP) is 3.09. The Morgan fingerprint density at radius 3 is 2.87 bits per heavy atom. The molecule has 1 aromatic carbocycles. The number of hydrogen-bond donors (Lipinski definition) is 1. The highest BCUT2D eigenvalue weighted by atomic mass is 127. The Hall–Kier alpha value is -0.900. The van der Waals surface area contributed by atoms with Crippen molar-refractivity contribution < 1.29 is 8.60 Å². The summed E-state index contributed by atoms with van der Waals surface area (Å²) in [5, 5.41) is 0. The number of nitrogens with two attached hydrogens (primary N) is 1. The van der Waals surface area contributed by atoms with Crippen molar-refractivity contribution in [2.45, 2.75) is 32.2 Å². The van der Waals surface area contributed by atoms with Gasteiger partial charge in [0.2, 0.25) is 5.96 Å². The molecule has 0 bridgehead atoms. The van der Waals surface area contributed by atoms with E-state index >= 15 is 0 Å². The maximum atomic E-state index is 14.2. The van der Waals surface area contributed by atoms with E-state index in [1.807, 2.05) is 0 Å². The van der Waals surface area contributed by atoms with Crippen molar-refractivity contribution in [3.05, 3.63) is 33.1 Å². The number of benzene rings is 1. The lowest BCUT2D eigenvalue weighted by Crippen LogP contribution is -2.42. The van der Waals surface area contributed by atoms with Crippen LogP contribution in [0.4, 0.5) is 4.39 Å². The molecule has 23 heavy (non-hydrogen) atoms. The minimum absolute atomic E-state index is 0.145. The van der Waals surface area contributed by atoms with Gasteiger partial charge in [0.25, 0.3) is 0 Å². The van der Waals surface area contributed by atoms with Crippen LogP contribution in [0.25, 0.3) is 0 Å². The number of aliphatic imine (C=N–C) groups is 1. The molecule has 1 aromatic rings. The molecule has 0 radical (unpaired) electrons. The molecular formula is C15H22FIN4OS. The summed E-state index contributed by atoms with van der Waals surface area (Å²) in [6.45, 7) is 4.69. The number of guanidine groups is 1. The summed E-state index contributed by atoms with van der Waals surface area (Å²) in [5.74, 6) is -0.184. The molecule has 0 fully saturated rings. The summed E-state index contributed by atoms with van der Waals surface area (Å²) >= 11 is 2.13. The van der Waals surface area contributed by atoms with Crippen molar-refractivity contribution in [2.75, 3.05) is 19.3 Å². The van der Waals surface area contributed by atoms with Gasteiger partial charge in [-0.2, -0.15) is 0 Å². The van der Waals surface area contributed by atoms with Crippen LogP contribution in [0, 0.1) is 9.39 Å². The molecule has 0 spiro atoms. The quantitative estimate of drug-likeness (QED) is 0.426. The van der Waals surface area contributed by atoms with E-state index in [1.165, 1.54) is 6.07 Å². The van der Waals surface area contributed by atoms with Crippen LogP contribution in [0.5, 0.6) is 0 Å². The second-order valence-corrected chi connectivity index (χ2v) is 9.55. The van der Waals surface area contributed by atoms with Crippen molar-refractivity contribution in [3.63, 3.8) is 0 Å². The Morgan fingerprint density at radius 2 is 2.17 bits per heavy atom. The van der Waals surface area contributed by atoms with Crippen molar-refractivity contribution >= 4 is 38.5 Å². The summed E-state index contributed by atoms with van der Waals surface area (Å²) < 4.78 is 33.5. The van der Waals surface area contributed by atoms with Crippen LogP contribution in [0.15, 0.2) is 27.6 Å². The first-order valence-electron chi connectivity index (χ1n) is 7.40. The summed E-state index contributed by atoms with van der Waals surface area (Å²) in [7, 11) is -2.57. The van der Waals surface area contributed by atoms with Gasteiger partial charge in [-0.05, 0) is 67.5 Å². The maximum Gasteiger partial charge on any atom is 0.204 e. The van der Waals surface area contributed by atoms with Crippen molar-refractivity contribution in [1.82, 2.24) is 4.31 Å². The standard InChI is InChI=1S/C15H22FIN4OS/c1-15(2,12-10-11(17)6-7-13(12)16)20-14(18)21-9-5-4-8-19-23(21,3)22/h6-7,10H,4-5,8-9H2,1-3H3,(H2,18,20)/t23-/m0/s1. The molecule has 1 heterocycles. The number of hydrogen-bond acceptors (Lipinski definition) is 3. The van der Waals surface area contributed by atoms with E-state index < -0.39 is 15.5 Å². The van der Waals surface area contributed by atoms with Crippen LogP contribution in [0.2, 0.25) is 0 Å². The zero-order valence-corrected chi connectivity index (χ0v) is 16.5. The van der Waals surface area contributed by atoms with Gasteiger partial charge in [0, 0.05) is 21.9 Å². The van der Waals surface area contributed by atoms with Gasteiger partial charge < -0.3 is 5.73 Å². The molecule has 1 aliphatic heterocycles. The van der Waals surface area contributed by atoms with Crippen LogP contribution in [-0.2, 0) is 15.5 Å². The molecule has 0 aliphatic carbocycles. The van der Waals surface area contributed by atoms with Crippen LogP contribution in [-0.4, -0.2) is 33.8 Å². The predicted molar refractivity (Wildman–Crippen MR) is 101 cm³/mol. The fourth-order valence-electron chi connectivity index (χ4n) is 2.50. The van der Waals surface area contributed by atoms with Gasteiger partial charge in [-0.1, -0.05) is 0 Å². The molecule has 0 saturated carbocycles. The second kappa shape index (κ2) is 6.92. The monoisotopic (exact) mass is 452 g/mol. The fourth-order valence-corrected chi connectivity index (χ4v) is 4.45. The summed E-state index contributed by atoms with van der Waals surface area (Å²) in [6, 6.07) is 4.88. The van der Waals surface area contributed by atoms with Crippen LogP contribution in [0.1, 0.15) is 32.3 Å². The lowest BCUT2D eigenvalue weighted by atomic mass is 9.94. The Kier molecular flexibility index (Phi) is 5.55. The normalized spacial score (nSPS) is 23.3. The summed E-state index contributed by atoms with van der Waals surface area (Å²) in [4.78, 5) is 4.48. The molecule has 1 aliphatic rings. The molecule has 2 rings (SSSR count). The zero-order chi connectivity index (χ0) is 17.3. The van der Waals surface area contributed by atoms with Gasteiger partial charge in [0.05, 0.1) is 12.1 Å². The van der Waals surface area contributed by atoms with Crippen molar-refractivity contribution in [1.29, 1.82) is 0 Å². The molecule has 0 amide bonds. The lowest BCUT2D eigenvalue weighted by Gasteiger charge is -2.27. The highest BCUT2D eigenvalue weighted by Crippen LogP contribution is 2.29. The van der Waals surface area contributed by atoms with Gasteiger partial charge in [0.15, 0.2) is 0 Å². The molecule has 1 atom stereocenters. The van der Waals surface area contributed by atoms with Gasteiger partial charge in [0.1, 0.15) is 15.7 Å². The topological polar surface area (TPSA) is 71.0 Å². The number of halogens is 2. The first-order chi connectivity index (χ1) is 10.6. The van der Waals surface area contributed by atoms with Gasteiger partial charge in [-0.3, -0.25) is 4.31 Å². The Morgan fingerprint density at radius 1 is 1.48 bits per heavy atom. The highest BCUT2D eigenvalue weighted by Gasteiger charge is 2.27. The summed E-state index contributed by atoms with van der Waals surface area (Å²) in [5.41, 5.74) is 5.71. The van der Waals surface area contributed by atoms with E-state index in [0.717, 1.165) is 16.4 Å². The molecule has 8 heteroatoms. The molecule has 0 unspecified atom stereocenters. The third-order valence-electron chi connectivity index (χ3n) is 3.75. The highest BCUT2D eigenvalue weighted by molar-refractivity contribution is 14.1. The fraction of sp³-hybridized carbons (Fsp3) is 0.533. The molecule has 5 nitrogen and oxygen atoms in total. The zero-order valence-electron chi connectivity index (χ0n) is 13.6. The molecule has 0 aromatic heterocycles. The maximum absolute atomic E-state index is 14.2. The SMILES string of the molecule is CC(C)(/N=C(/N)N1CCCCN=[S@]1(C)=O)c1cc(I)ccc1F. The second-order valence-electron chi connectivity index (χ2n) is 6.08. The van der Waals surface area contributed by atoms with E-state index in [2.05, 4.69) is 31.9 Å². The van der Waals surface area contributed by atoms with E-state index in [9.17, 15) is 8.60 Å². The van der Waals surface area contributed by atoms with Crippen molar-refractivity contribution in [2.24, 2.45) is 15.1 Å². The Bertz CT molecular complexity index is 741. The third-order valence-corrected chi connectivity index (χ3v) is 6.27. The lowest BCUT2D eigenvalue weighted by molar-refractivity contribution is 0.490. The van der Waals surface area contributed by atoms with E-state index in [1.54, 1.807) is 36.5 Å². The molecular weight excluding hydrogens is 430 g/mol. The van der Waals surface area contributed by atoms with Gasteiger partial charge >= 0.3 is 0 Å². The molecule has 0 saturated heterocycles. The minimum atomic E-state index is -2.57. The van der Waals surface area contributed by atoms with Crippen LogP contribution >= 0.6 is 22.6 Å². The van der Waals surface area contributed by atoms with E-state index in [-0.39, 0.29) is 11.8 Å². The van der Waals surface area contributed by atoms with Crippen molar-refractivity contribution in [3.8, 4) is 0 Å². The average molecular weight is 452 g/mol. The van der Waals surface area contributed by atoms with Gasteiger partial charge in [-0.15, -0.1) is 0 Å². The van der Waals surface area contributed by atoms with Gasteiger partial charge in [-0.25, -0.2) is 18.0 Å². The Balaban J connectivity index is 2.42. The minimum Gasteiger partial charge on any atom is -0.369 e. The largest absolute Gasteiger partial charge is 0.369 e. The summed E-state index contributed by atoms with van der Waals surface area (Å²) in [6.07, 6.45) is 3.30. The van der Waals surface area contributed by atoms with Crippen LogP contribution in [0.3, 0.4) is 0 Å². The molecule has 128 valence electrons. The smallest absolute Gasteiger partial charge is 0.204 e. The first-order valence-corrected chi connectivity index (χ1v) is 10.4. The third kappa shape index (κ3) is 4.34. The number of rotatable bonds is 2. The first kappa shape index (κ1) is 18.4. The molecule has 2 N–H and O–H groups in total. The average Bonchev–Trinajstić information content (AvgIpc) is 2.61. The Labute approximate surface area is 151 Å². The number of nitrogens with zero attached hydrogens (tertiary/aromatic N) is 3. The van der Waals surface area contributed by atoms with Crippen LogP contribution < -0.4 is 5.73 Å². The van der Waals surface area contributed by atoms with E-state index in [4.69, 9.17) is 5.73 Å². The van der Waals surface area contributed by atoms with E-state index in [0.29, 0.717) is 18.7 Å².